The van der Waals surface area contributed by atoms with Crippen molar-refractivity contribution in [3.63, 3.8) is 0 Å². The van der Waals surface area contributed by atoms with Crippen molar-refractivity contribution in [3.8, 4) is 0 Å². The molecular formula is C13H22N2. The Morgan fingerprint density at radius 3 is 1.87 bits per heavy atom. The monoisotopic (exact) mass is 206 g/mol. The molecule has 15 heavy (non-hydrogen) atoms. The van der Waals surface area contributed by atoms with E-state index in [1.165, 1.54) is 25.0 Å². The van der Waals surface area contributed by atoms with E-state index < -0.39 is 0 Å². The Balaban J connectivity index is 0.000000210. The molecule has 0 fully saturated rings. The summed E-state index contributed by atoms with van der Waals surface area (Å²) < 4.78 is 0. The normalized spacial score (nSPS) is 12.9. The lowest BCUT2D eigenvalue weighted by Crippen LogP contribution is -1.77. The van der Waals surface area contributed by atoms with Gasteiger partial charge in [-0.15, -0.1) is 0 Å². The lowest BCUT2D eigenvalue weighted by Gasteiger charge is -1.76. The Bertz CT molecular complexity index is 215. The molecule has 1 aliphatic rings. The van der Waals surface area contributed by atoms with Crippen LogP contribution in [0.15, 0.2) is 35.6 Å². The third-order valence-electron chi connectivity index (χ3n) is 1.64. The van der Waals surface area contributed by atoms with Crippen LogP contribution in [0.4, 0.5) is 0 Å². The Morgan fingerprint density at radius 1 is 1.13 bits per heavy atom. The van der Waals surface area contributed by atoms with Gasteiger partial charge in [-0.25, -0.2) is 0 Å². The highest BCUT2D eigenvalue weighted by molar-refractivity contribution is 5.83. The summed E-state index contributed by atoms with van der Waals surface area (Å²) in [5, 5.41) is 0. The first-order valence-corrected chi connectivity index (χ1v) is 5.66. The number of rotatable bonds is 0. The van der Waals surface area contributed by atoms with E-state index in [0.29, 0.717) is 0 Å². The third-order valence-corrected chi connectivity index (χ3v) is 1.64. The van der Waals surface area contributed by atoms with Gasteiger partial charge in [-0.05, 0) is 31.9 Å². The van der Waals surface area contributed by atoms with E-state index in [4.69, 9.17) is 0 Å². The molecule has 1 aliphatic heterocycles. The third kappa shape index (κ3) is 10.7. The van der Waals surface area contributed by atoms with Crippen molar-refractivity contribution in [2.24, 2.45) is 4.99 Å². The van der Waals surface area contributed by atoms with Crippen molar-refractivity contribution in [1.29, 1.82) is 0 Å². The molecule has 1 aromatic rings. The van der Waals surface area contributed by atoms with Gasteiger partial charge in [0.15, 0.2) is 0 Å². The van der Waals surface area contributed by atoms with Gasteiger partial charge in [0, 0.05) is 24.7 Å². The maximum atomic E-state index is 4.15. The van der Waals surface area contributed by atoms with Gasteiger partial charge in [0.2, 0.25) is 0 Å². The van der Waals surface area contributed by atoms with Gasteiger partial charge >= 0.3 is 0 Å². The summed E-state index contributed by atoms with van der Waals surface area (Å²) in [4.78, 5) is 7.94. The van der Waals surface area contributed by atoms with Gasteiger partial charge < -0.3 is 0 Å². The molecule has 0 radical (unpaired) electrons. The molecule has 0 unspecified atom stereocenters. The average molecular weight is 206 g/mol. The standard InChI is InChI=1S/C5H9N.C5H5N.C3H8/c1-5-3-2-4-6-5;1-2-4-6-5-3-1;1-3-2/h2-4H2,1H3;1-5H;3H2,1-2H3. The number of hydrogen-bond donors (Lipinski definition) is 0. The second-order valence-electron chi connectivity index (χ2n) is 3.45. The number of aromatic nitrogens is 1. The van der Waals surface area contributed by atoms with Gasteiger partial charge in [-0.2, -0.15) is 0 Å². The van der Waals surface area contributed by atoms with E-state index in [0.717, 1.165) is 6.54 Å². The van der Waals surface area contributed by atoms with Crippen LogP contribution in [-0.2, 0) is 0 Å². The zero-order valence-electron chi connectivity index (χ0n) is 10.1. The predicted octanol–water partition coefficient (Wildman–Crippen LogP) is 3.74. The maximum absolute atomic E-state index is 4.15. The summed E-state index contributed by atoms with van der Waals surface area (Å²) in [7, 11) is 0. The minimum Gasteiger partial charge on any atom is -0.294 e. The Kier molecular flexibility index (Phi) is 10.0. The molecule has 0 aliphatic carbocycles. The molecule has 0 saturated heterocycles. The molecule has 0 amide bonds. The second-order valence-corrected chi connectivity index (χ2v) is 3.45. The molecule has 0 saturated carbocycles. The number of nitrogens with zero attached hydrogens (tertiary/aromatic N) is 2. The summed E-state index contributed by atoms with van der Waals surface area (Å²) in [6, 6.07) is 5.72. The molecule has 0 N–H and O–H groups in total. The molecule has 2 nitrogen and oxygen atoms in total. The summed E-state index contributed by atoms with van der Waals surface area (Å²) in [5.74, 6) is 0. The highest BCUT2D eigenvalue weighted by Gasteiger charge is 1.96. The first-order chi connectivity index (χ1) is 7.31. The number of pyridine rings is 1. The van der Waals surface area contributed by atoms with Gasteiger partial charge in [0.05, 0.1) is 0 Å². The minimum absolute atomic E-state index is 1.08. The topological polar surface area (TPSA) is 25.2 Å². The van der Waals surface area contributed by atoms with Gasteiger partial charge in [-0.1, -0.05) is 26.3 Å². The highest BCUT2D eigenvalue weighted by atomic mass is 14.7. The van der Waals surface area contributed by atoms with Crippen molar-refractivity contribution in [3.05, 3.63) is 30.6 Å². The van der Waals surface area contributed by atoms with E-state index in [-0.39, 0.29) is 0 Å². The van der Waals surface area contributed by atoms with Crippen LogP contribution in [0, 0.1) is 0 Å². The fourth-order valence-electron chi connectivity index (χ4n) is 0.996. The van der Waals surface area contributed by atoms with E-state index >= 15 is 0 Å². The van der Waals surface area contributed by atoms with E-state index in [2.05, 4.69) is 30.7 Å². The Hall–Kier alpha value is -1.18. The molecule has 2 heteroatoms. The van der Waals surface area contributed by atoms with Gasteiger partial charge in [-0.3, -0.25) is 9.98 Å². The zero-order chi connectivity index (χ0) is 11.4. The molecule has 1 aromatic heterocycles. The van der Waals surface area contributed by atoms with Crippen molar-refractivity contribution in [2.45, 2.75) is 40.0 Å². The fraction of sp³-hybridized carbons (Fsp3) is 0.538. The number of aliphatic imine (C=N–C) groups is 1. The SMILES string of the molecule is CC1=NCCC1.CCC.c1ccncc1. The fourth-order valence-corrected chi connectivity index (χ4v) is 0.996. The van der Waals surface area contributed by atoms with Crippen LogP contribution >= 0.6 is 0 Å². The molecule has 0 spiro atoms. The van der Waals surface area contributed by atoms with Crippen LogP contribution in [0.1, 0.15) is 40.0 Å². The summed E-state index contributed by atoms with van der Waals surface area (Å²) in [6.45, 7) is 7.42. The maximum Gasteiger partial charge on any atom is 0.0392 e. The van der Waals surface area contributed by atoms with Crippen molar-refractivity contribution < 1.29 is 0 Å². The molecule has 2 rings (SSSR count). The Morgan fingerprint density at radius 2 is 1.73 bits per heavy atom. The lowest BCUT2D eigenvalue weighted by molar-refractivity contribution is 0.951. The lowest BCUT2D eigenvalue weighted by atomic mass is 10.3. The summed E-state index contributed by atoms with van der Waals surface area (Å²) in [5.41, 5.74) is 1.33. The van der Waals surface area contributed by atoms with E-state index in [1.54, 1.807) is 12.4 Å². The average Bonchev–Trinajstić information content (AvgIpc) is 2.74. The smallest absolute Gasteiger partial charge is 0.0392 e. The van der Waals surface area contributed by atoms with Crippen molar-refractivity contribution in [2.75, 3.05) is 6.54 Å². The van der Waals surface area contributed by atoms with Crippen LogP contribution in [0.5, 0.6) is 0 Å². The highest BCUT2D eigenvalue weighted by Crippen LogP contribution is 2.00. The number of hydrogen-bond acceptors (Lipinski definition) is 2. The molecule has 0 atom stereocenters. The van der Waals surface area contributed by atoms with Crippen molar-refractivity contribution >= 4 is 5.71 Å². The first-order valence-electron chi connectivity index (χ1n) is 5.66. The van der Waals surface area contributed by atoms with Gasteiger partial charge in [0.1, 0.15) is 0 Å². The zero-order valence-corrected chi connectivity index (χ0v) is 10.1. The predicted molar refractivity (Wildman–Crippen MR) is 67.4 cm³/mol. The van der Waals surface area contributed by atoms with Crippen LogP contribution in [0.25, 0.3) is 0 Å². The minimum atomic E-state index is 1.08. The Labute approximate surface area is 93.5 Å². The van der Waals surface area contributed by atoms with Crippen LogP contribution in [0.2, 0.25) is 0 Å². The second kappa shape index (κ2) is 10.9. The molecule has 0 aromatic carbocycles. The molecule has 84 valence electrons. The van der Waals surface area contributed by atoms with Crippen LogP contribution in [0.3, 0.4) is 0 Å². The van der Waals surface area contributed by atoms with Crippen LogP contribution < -0.4 is 0 Å². The first kappa shape index (κ1) is 13.8. The molecular weight excluding hydrogens is 184 g/mol. The van der Waals surface area contributed by atoms with E-state index in [1.807, 2.05) is 18.2 Å². The van der Waals surface area contributed by atoms with Gasteiger partial charge in [0.25, 0.3) is 0 Å². The molecule has 2 heterocycles. The van der Waals surface area contributed by atoms with E-state index in [9.17, 15) is 0 Å². The van der Waals surface area contributed by atoms with Crippen molar-refractivity contribution in [1.82, 2.24) is 4.98 Å². The quantitative estimate of drug-likeness (QED) is 0.634. The largest absolute Gasteiger partial charge is 0.294 e. The molecule has 0 bridgehead atoms. The van der Waals surface area contributed by atoms with Crippen LogP contribution in [-0.4, -0.2) is 17.2 Å². The summed E-state index contributed by atoms with van der Waals surface area (Å²) >= 11 is 0. The summed E-state index contributed by atoms with van der Waals surface area (Å²) in [6.07, 6.45) is 7.27.